The van der Waals surface area contributed by atoms with Crippen molar-refractivity contribution < 1.29 is 38.5 Å². The lowest BCUT2D eigenvalue weighted by atomic mass is 9.83. The highest BCUT2D eigenvalue weighted by Gasteiger charge is 2.56. The average Bonchev–Trinajstić information content (AvgIpc) is 3.18. The highest BCUT2D eigenvalue weighted by Crippen LogP contribution is 2.50. The van der Waals surface area contributed by atoms with Gasteiger partial charge in [0.05, 0.1) is 17.6 Å². The van der Waals surface area contributed by atoms with Crippen molar-refractivity contribution in [3.63, 3.8) is 0 Å². The lowest BCUT2D eigenvalue weighted by Crippen LogP contribution is -2.63. The van der Waals surface area contributed by atoms with Crippen LogP contribution in [0, 0.1) is 10.1 Å². The van der Waals surface area contributed by atoms with Crippen LogP contribution in [0.1, 0.15) is 31.0 Å². The van der Waals surface area contributed by atoms with Crippen LogP contribution in [-0.4, -0.2) is 61.2 Å². The molecular formula is C24H28N2O9. The van der Waals surface area contributed by atoms with E-state index in [0.717, 1.165) is 5.56 Å². The zero-order chi connectivity index (χ0) is 25.3. The minimum Gasteiger partial charge on any atom is -0.479 e. The summed E-state index contributed by atoms with van der Waals surface area (Å²) in [6.07, 6.45) is -3.67. The van der Waals surface area contributed by atoms with Gasteiger partial charge in [-0.2, -0.15) is 0 Å². The van der Waals surface area contributed by atoms with E-state index in [0.29, 0.717) is 23.4 Å². The van der Waals surface area contributed by atoms with Gasteiger partial charge in [0.2, 0.25) is 0 Å². The number of non-ortho nitro benzene ring substituents is 1. The van der Waals surface area contributed by atoms with Crippen LogP contribution in [0.4, 0.5) is 16.2 Å². The number of fused-ring (bicyclic) bond motifs is 2. The summed E-state index contributed by atoms with van der Waals surface area (Å²) < 4.78 is 27.7. The Bertz CT molecular complexity index is 1110. The molecule has 0 saturated carbocycles. The molecule has 2 aliphatic rings. The Morgan fingerprint density at radius 1 is 1.29 bits per heavy atom. The number of carbonyl (C=O) groups excluding carboxylic acids is 1. The normalized spacial score (nSPS) is 25.0. The number of carbonyl (C=O) groups is 1. The summed E-state index contributed by atoms with van der Waals surface area (Å²) in [6.45, 7) is 3.44. The highest BCUT2D eigenvalue weighted by molar-refractivity contribution is 5.66. The molecule has 188 valence electrons. The first-order valence-corrected chi connectivity index (χ1v) is 11.2. The van der Waals surface area contributed by atoms with Gasteiger partial charge in [0.15, 0.2) is 18.1 Å². The molecule has 0 saturated heterocycles. The van der Waals surface area contributed by atoms with E-state index in [4.69, 9.17) is 23.7 Å². The van der Waals surface area contributed by atoms with Crippen molar-refractivity contribution in [2.45, 2.75) is 50.5 Å². The van der Waals surface area contributed by atoms with Gasteiger partial charge < -0.3 is 33.7 Å². The molecule has 2 aliphatic heterocycles. The summed E-state index contributed by atoms with van der Waals surface area (Å²) in [4.78, 5) is 25.1. The predicted molar refractivity (Wildman–Crippen MR) is 123 cm³/mol. The van der Waals surface area contributed by atoms with Crippen LogP contribution >= 0.6 is 0 Å². The Labute approximate surface area is 202 Å². The van der Waals surface area contributed by atoms with Crippen LogP contribution in [-0.2, 0) is 25.4 Å². The minimum atomic E-state index is -1.41. The van der Waals surface area contributed by atoms with Gasteiger partial charge in [-0.1, -0.05) is 18.2 Å². The molecule has 0 unspecified atom stereocenters. The second-order valence-corrected chi connectivity index (χ2v) is 8.45. The van der Waals surface area contributed by atoms with Crippen LogP contribution in [0.25, 0.3) is 0 Å². The highest BCUT2D eigenvalue weighted by atomic mass is 16.7. The zero-order valence-electron chi connectivity index (χ0n) is 19.9. The first-order chi connectivity index (χ1) is 16.7. The molecule has 0 aromatic heterocycles. The van der Waals surface area contributed by atoms with Crippen molar-refractivity contribution in [1.82, 2.24) is 0 Å². The standard InChI is InChI=1S/C24H28N2O9/c1-5-33-23(28)34-19-12-14-8-6-7-9-17(14)25(19)20-16-13-15(26(29)30)10-11-18(16)35-24(2,21(20)27)22(31-3)32-4/h6-11,13,19-22,27H,5,12H2,1-4H3/t19-,20+,21-,24-/m1/s1. The first kappa shape index (κ1) is 24.7. The lowest BCUT2D eigenvalue weighted by Gasteiger charge is -2.50. The summed E-state index contributed by atoms with van der Waals surface area (Å²) in [6, 6.07) is 10.7. The van der Waals surface area contributed by atoms with Crippen molar-refractivity contribution >= 4 is 17.5 Å². The number of nitro groups is 1. The molecule has 0 bridgehead atoms. The first-order valence-electron chi connectivity index (χ1n) is 11.2. The fourth-order valence-electron chi connectivity index (χ4n) is 4.88. The average molecular weight is 488 g/mol. The molecule has 35 heavy (non-hydrogen) atoms. The Morgan fingerprint density at radius 2 is 2.00 bits per heavy atom. The summed E-state index contributed by atoms with van der Waals surface area (Å²) in [5, 5.41) is 23.3. The number of nitrogens with zero attached hydrogens (tertiary/aromatic N) is 2. The van der Waals surface area contributed by atoms with E-state index < -0.39 is 41.3 Å². The number of rotatable bonds is 7. The van der Waals surface area contributed by atoms with E-state index in [2.05, 4.69) is 0 Å². The van der Waals surface area contributed by atoms with Crippen molar-refractivity contribution in [3.8, 4) is 5.75 Å². The molecule has 1 N–H and O–H groups in total. The quantitative estimate of drug-likeness (QED) is 0.268. The monoisotopic (exact) mass is 488 g/mol. The van der Waals surface area contributed by atoms with Crippen molar-refractivity contribution in [3.05, 3.63) is 63.7 Å². The summed E-state index contributed by atoms with van der Waals surface area (Å²) in [5.74, 6) is 0.312. The fraction of sp³-hybridized carbons (Fsp3) is 0.458. The molecule has 2 aromatic rings. The number of para-hydroxylation sites is 1. The zero-order valence-corrected chi connectivity index (χ0v) is 19.9. The minimum absolute atomic E-state index is 0.134. The molecule has 11 heteroatoms. The molecule has 0 fully saturated rings. The molecule has 4 atom stereocenters. The number of nitro benzene ring substituents is 1. The summed E-state index contributed by atoms with van der Waals surface area (Å²) in [5.41, 5.74) is 0.370. The molecular weight excluding hydrogens is 460 g/mol. The summed E-state index contributed by atoms with van der Waals surface area (Å²) >= 11 is 0. The van der Waals surface area contributed by atoms with Gasteiger partial charge in [0.25, 0.3) is 5.69 Å². The van der Waals surface area contributed by atoms with Crippen LogP contribution in [0.3, 0.4) is 0 Å². The number of anilines is 1. The fourth-order valence-corrected chi connectivity index (χ4v) is 4.88. The third kappa shape index (κ3) is 4.26. The molecule has 0 spiro atoms. The third-order valence-electron chi connectivity index (χ3n) is 6.40. The molecule has 0 aliphatic carbocycles. The van der Waals surface area contributed by atoms with Gasteiger partial charge in [-0.15, -0.1) is 0 Å². The van der Waals surface area contributed by atoms with E-state index in [1.54, 1.807) is 18.7 Å². The molecule has 0 amide bonds. The number of ether oxygens (including phenoxy) is 5. The van der Waals surface area contributed by atoms with E-state index in [1.807, 2.05) is 24.3 Å². The van der Waals surface area contributed by atoms with Gasteiger partial charge in [0, 0.05) is 44.0 Å². The maximum Gasteiger partial charge on any atom is 0.510 e. The largest absolute Gasteiger partial charge is 0.510 e. The van der Waals surface area contributed by atoms with Gasteiger partial charge in [-0.05, 0) is 31.5 Å². The third-order valence-corrected chi connectivity index (χ3v) is 6.40. The second kappa shape index (κ2) is 9.68. The van der Waals surface area contributed by atoms with E-state index in [9.17, 15) is 20.0 Å². The number of aliphatic hydroxyl groups is 1. The number of hydrogen-bond donors (Lipinski definition) is 1. The molecule has 4 rings (SSSR count). The SMILES string of the molecule is CCOC(=O)O[C@@H]1Cc2ccccc2N1[C@H]1c2cc([N+](=O)[O-])ccc2O[C@@](C)(C(OC)OC)[C@@H]1O. The predicted octanol–water partition coefficient (Wildman–Crippen LogP) is 3.33. The Kier molecular flexibility index (Phi) is 6.84. The number of aliphatic hydroxyl groups excluding tert-OH is 1. The van der Waals surface area contributed by atoms with Crippen LogP contribution in [0.2, 0.25) is 0 Å². The molecule has 2 aromatic carbocycles. The Balaban J connectivity index is 1.89. The molecule has 0 radical (unpaired) electrons. The van der Waals surface area contributed by atoms with Gasteiger partial charge in [-0.25, -0.2) is 4.79 Å². The van der Waals surface area contributed by atoms with E-state index >= 15 is 0 Å². The second-order valence-electron chi connectivity index (χ2n) is 8.45. The van der Waals surface area contributed by atoms with E-state index in [-0.39, 0.29) is 12.3 Å². The Hall–Kier alpha value is -3.41. The van der Waals surface area contributed by atoms with Gasteiger partial charge >= 0.3 is 6.16 Å². The molecule has 11 nitrogen and oxygen atoms in total. The van der Waals surface area contributed by atoms with E-state index in [1.165, 1.54) is 32.4 Å². The maximum atomic E-state index is 12.3. The maximum absolute atomic E-state index is 12.3. The van der Waals surface area contributed by atoms with Gasteiger partial charge in [0.1, 0.15) is 11.9 Å². The number of hydrogen-bond acceptors (Lipinski definition) is 10. The van der Waals surface area contributed by atoms with Crippen molar-refractivity contribution in [2.75, 3.05) is 25.7 Å². The van der Waals surface area contributed by atoms with Crippen LogP contribution in [0.15, 0.2) is 42.5 Å². The number of benzene rings is 2. The topological polar surface area (TPSA) is 130 Å². The molecule has 2 heterocycles. The Morgan fingerprint density at radius 3 is 2.66 bits per heavy atom. The van der Waals surface area contributed by atoms with Gasteiger partial charge in [-0.3, -0.25) is 10.1 Å². The van der Waals surface area contributed by atoms with Crippen molar-refractivity contribution in [1.29, 1.82) is 0 Å². The smallest absolute Gasteiger partial charge is 0.479 e. The number of methoxy groups -OCH3 is 2. The summed E-state index contributed by atoms with van der Waals surface area (Å²) in [7, 11) is 2.85. The van der Waals surface area contributed by atoms with Crippen LogP contribution < -0.4 is 9.64 Å². The van der Waals surface area contributed by atoms with Crippen molar-refractivity contribution in [2.24, 2.45) is 0 Å². The lowest BCUT2D eigenvalue weighted by molar-refractivity contribution is -0.385. The van der Waals surface area contributed by atoms with Crippen LogP contribution in [0.5, 0.6) is 5.75 Å².